The lowest BCUT2D eigenvalue weighted by Crippen LogP contribution is -2.29. The van der Waals surface area contributed by atoms with Gasteiger partial charge in [-0.3, -0.25) is 0 Å². The molecule has 4 rings (SSSR count). The normalized spacial score (nSPS) is 11.4. The SMILES string of the molecule is CC[n+]1csc2ccc3ccccc3c21.Cc1ccc(O)cc1S(=O)(=O)[O-]. The van der Waals surface area contributed by atoms with Crippen molar-refractivity contribution in [3.63, 3.8) is 0 Å². The van der Waals surface area contributed by atoms with Gasteiger partial charge in [0.25, 0.3) is 0 Å². The van der Waals surface area contributed by atoms with Crippen molar-refractivity contribution >= 4 is 42.4 Å². The van der Waals surface area contributed by atoms with Crippen LogP contribution in [-0.4, -0.2) is 18.1 Å². The first kappa shape index (κ1) is 19.3. The quantitative estimate of drug-likeness (QED) is 0.407. The molecule has 0 spiro atoms. The molecular weight excluding hydrogens is 382 g/mol. The van der Waals surface area contributed by atoms with E-state index in [2.05, 4.69) is 53.4 Å². The van der Waals surface area contributed by atoms with Crippen LogP contribution in [0.1, 0.15) is 12.5 Å². The summed E-state index contributed by atoms with van der Waals surface area (Å²) in [7, 11) is -4.47. The summed E-state index contributed by atoms with van der Waals surface area (Å²) in [6.45, 7) is 4.71. The van der Waals surface area contributed by atoms with Crippen molar-refractivity contribution in [2.45, 2.75) is 25.3 Å². The summed E-state index contributed by atoms with van der Waals surface area (Å²) in [5.74, 6) is -0.227. The zero-order chi connectivity index (χ0) is 19.6. The summed E-state index contributed by atoms with van der Waals surface area (Å²) in [6, 6.07) is 16.6. The van der Waals surface area contributed by atoms with Gasteiger partial charge in [0.05, 0.1) is 10.3 Å². The highest BCUT2D eigenvalue weighted by molar-refractivity contribution is 7.85. The molecule has 0 aliphatic heterocycles. The van der Waals surface area contributed by atoms with E-state index in [1.54, 1.807) is 0 Å². The molecule has 140 valence electrons. The molecule has 0 bridgehead atoms. The highest BCUT2D eigenvalue weighted by Crippen LogP contribution is 2.25. The molecule has 0 saturated heterocycles. The van der Waals surface area contributed by atoms with Crippen LogP contribution >= 0.6 is 11.3 Å². The second-order valence-corrected chi connectivity index (χ2v) is 8.28. The largest absolute Gasteiger partial charge is 0.744 e. The maximum atomic E-state index is 10.5. The van der Waals surface area contributed by atoms with E-state index >= 15 is 0 Å². The minimum Gasteiger partial charge on any atom is -0.744 e. The van der Waals surface area contributed by atoms with Gasteiger partial charge in [-0.15, -0.1) is 0 Å². The van der Waals surface area contributed by atoms with E-state index < -0.39 is 10.1 Å². The number of aromatic nitrogens is 1. The molecule has 0 radical (unpaired) electrons. The van der Waals surface area contributed by atoms with Gasteiger partial charge >= 0.3 is 0 Å². The molecule has 0 aliphatic carbocycles. The first-order valence-electron chi connectivity index (χ1n) is 8.35. The van der Waals surface area contributed by atoms with Crippen molar-refractivity contribution in [2.24, 2.45) is 0 Å². The highest BCUT2D eigenvalue weighted by Gasteiger charge is 2.13. The zero-order valence-corrected chi connectivity index (χ0v) is 16.5. The average molecular weight is 402 g/mol. The third-order valence-electron chi connectivity index (χ3n) is 4.24. The number of fused-ring (bicyclic) bond motifs is 3. The Morgan fingerprint density at radius 3 is 2.52 bits per heavy atom. The van der Waals surface area contributed by atoms with E-state index in [0.29, 0.717) is 5.56 Å². The molecule has 0 saturated carbocycles. The summed E-state index contributed by atoms with van der Waals surface area (Å²) < 4.78 is 35.3. The van der Waals surface area contributed by atoms with Gasteiger partial charge in [0.15, 0.2) is 0 Å². The Morgan fingerprint density at radius 2 is 1.85 bits per heavy atom. The predicted octanol–water partition coefficient (Wildman–Crippen LogP) is 3.97. The van der Waals surface area contributed by atoms with Crippen LogP contribution in [0.25, 0.3) is 21.0 Å². The van der Waals surface area contributed by atoms with Gasteiger partial charge in [-0.2, -0.15) is 4.57 Å². The Labute approximate surface area is 161 Å². The molecule has 0 aliphatic rings. The number of thiazole rings is 1. The number of hydrogen-bond donors (Lipinski definition) is 1. The van der Waals surface area contributed by atoms with Crippen LogP contribution in [0.2, 0.25) is 0 Å². The molecule has 1 aromatic heterocycles. The van der Waals surface area contributed by atoms with E-state index in [9.17, 15) is 13.0 Å². The molecule has 4 aromatic rings. The van der Waals surface area contributed by atoms with Crippen molar-refractivity contribution < 1.29 is 22.6 Å². The number of nitrogens with zero attached hydrogens (tertiary/aromatic N) is 1. The minimum atomic E-state index is -4.47. The van der Waals surface area contributed by atoms with E-state index in [4.69, 9.17) is 5.11 Å². The molecule has 5 nitrogen and oxygen atoms in total. The maximum Gasteiger partial charge on any atom is 0.231 e. The van der Waals surface area contributed by atoms with Crippen molar-refractivity contribution in [1.82, 2.24) is 0 Å². The first-order valence-corrected chi connectivity index (χ1v) is 10.6. The molecule has 1 heterocycles. The fraction of sp³-hybridized carbons (Fsp3) is 0.150. The van der Waals surface area contributed by atoms with Crippen molar-refractivity contribution in [2.75, 3.05) is 0 Å². The molecule has 27 heavy (non-hydrogen) atoms. The number of aryl methyl sites for hydroxylation is 2. The molecule has 0 atom stereocenters. The first-order chi connectivity index (χ1) is 12.8. The summed E-state index contributed by atoms with van der Waals surface area (Å²) >= 11 is 1.82. The van der Waals surface area contributed by atoms with E-state index in [1.165, 1.54) is 40.0 Å². The van der Waals surface area contributed by atoms with Crippen molar-refractivity contribution in [1.29, 1.82) is 0 Å². The Kier molecular flexibility index (Phi) is 5.46. The number of benzene rings is 3. The molecule has 1 N–H and O–H groups in total. The lowest BCUT2D eigenvalue weighted by atomic mass is 10.1. The van der Waals surface area contributed by atoms with Crippen LogP contribution in [-0.2, 0) is 16.7 Å². The molecule has 0 amide bonds. The summed E-state index contributed by atoms with van der Waals surface area (Å²) in [4.78, 5) is -0.373. The van der Waals surface area contributed by atoms with Gasteiger partial charge in [-0.25, -0.2) is 8.42 Å². The Balaban J connectivity index is 0.000000161. The zero-order valence-electron chi connectivity index (χ0n) is 14.9. The Morgan fingerprint density at radius 1 is 1.11 bits per heavy atom. The smallest absolute Gasteiger partial charge is 0.231 e. The van der Waals surface area contributed by atoms with Crippen LogP contribution in [0.4, 0.5) is 0 Å². The maximum absolute atomic E-state index is 10.5. The van der Waals surface area contributed by atoms with Crippen LogP contribution in [0.15, 0.2) is 65.0 Å². The molecule has 0 unspecified atom stereocenters. The van der Waals surface area contributed by atoms with E-state index in [-0.39, 0.29) is 10.6 Å². The van der Waals surface area contributed by atoms with Crippen LogP contribution in [0.3, 0.4) is 0 Å². The highest BCUT2D eigenvalue weighted by atomic mass is 32.2. The minimum absolute atomic E-state index is 0.227. The lowest BCUT2D eigenvalue weighted by Gasteiger charge is -2.09. The Hall–Kier alpha value is -2.48. The van der Waals surface area contributed by atoms with Gasteiger partial charge < -0.3 is 9.66 Å². The summed E-state index contributed by atoms with van der Waals surface area (Å²) in [5.41, 5.74) is 3.92. The number of rotatable bonds is 2. The predicted molar refractivity (Wildman–Crippen MR) is 106 cm³/mol. The fourth-order valence-electron chi connectivity index (χ4n) is 2.89. The van der Waals surface area contributed by atoms with Gasteiger partial charge in [0.2, 0.25) is 11.0 Å². The molecule has 7 heteroatoms. The third-order valence-corrected chi connectivity index (χ3v) is 6.16. The lowest BCUT2D eigenvalue weighted by molar-refractivity contribution is -0.662. The number of aromatic hydroxyl groups is 1. The van der Waals surface area contributed by atoms with Crippen molar-refractivity contribution in [3.8, 4) is 5.75 Å². The second-order valence-electron chi connectivity index (χ2n) is 6.05. The summed E-state index contributed by atoms with van der Waals surface area (Å²) in [6.07, 6.45) is 0. The van der Waals surface area contributed by atoms with Gasteiger partial charge in [-0.05, 0) is 49.1 Å². The molecular formula is C20H19NO4S2. The van der Waals surface area contributed by atoms with Gasteiger partial charge in [-0.1, -0.05) is 41.7 Å². The van der Waals surface area contributed by atoms with Crippen LogP contribution in [0, 0.1) is 6.92 Å². The Bertz CT molecular complexity index is 1210. The number of phenols is 1. The van der Waals surface area contributed by atoms with Gasteiger partial charge in [0.1, 0.15) is 27.1 Å². The second kappa shape index (κ2) is 7.64. The third kappa shape index (κ3) is 4.10. The van der Waals surface area contributed by atoms with Crippen LogP contribution in [0.5, 0.6) is 5.75 Å². The number of hydrogen-bond acceptors (Lipinski definition) is 5. The molecule has 3 aromatic carbocycles. The standard InChI is InChI=1S/C13H12NS.C7H8O4S/c1-2-14-9-15-12-8-7-10-5-3-4-6-11(10)13(12)14;1-5-2-3-6(8)4-7(5)12(9,10)11/h3-9H,2H2,1H3;2-4,8H,1H3,(H,9,10,11)/q+1;/p-1. The van der Waals surface area contributed by atoms with E-state index in [1.807, 2.05) is 11.3 Å². The fourth-order valence-corrected chi connectivity index (χ4v) is 4.60. The molecule has 0 fully saturated rings. The van der Waals surface area contributed by atoms with E-state index in [0.717, 1.165) is 12.6 Å². The average Bonchev–Trinajstić information content (AvgIpc) is 3.07. The monoisotopic (exact) mass is 401 g/mol. The topological polar surface area (TPSA) is 81.3 Å². The number of phenolic OH excluding ortho intramolecular Hbond substituents is 1. The van der Waals surface area contributed by atoms with Gasteiger partial charge in [0, 0.05) is 0 Å². The van der Waals surface area contributed by atoms with Crippen LogP contribution < -0.4 is 4.57 Å². The van der Waals surface area contributed by atoms with Crippen molar-refractivity contribution in [3.05, 3.63) is 65.7 Å². The summed E-state index contributed by atoms with van der Waals surface area (Å²) in [5, 5.41) is 11.6.